The van der Waals surface area contributed by atoms with Gasteiger partial charge in [-0.15, -0.1) is 0 Å². The molecule has 0 bridgehead atoms. The van der Waals surface area contributed by atoms with E-state index in [1.165, 1.54) is 0 Å². The van der Waals surface area contributed by atoms with Gasteiger partial charge in [0.05, 0.1) is 11.1 Å². The molecule has 2 aromatic rings. The molecule has 3 N–H and O–H groups in total. The molecule has 4 nitrogen and oxygen atoms in total. The molecule has 0 fully saturated rings. The summed E-state index contributed by atoms with van der Waals surface area (Å²) in [6.07, 6.45) is 0.903. The molecule has 27 heavy (non-hydrogen) atoms. The Morgan fingerprint density at radius 3 is 2.37 bits per heavy atom. The molecule has 1 aliphatic heterocycles. The molecule has 0 saturated carbocycles. The van der Waals surface area contributed by atoms with Crippen LogP contribution in [-0.4, -0.2) is 28.3 Å². The van der Waals surface area contributed by atoms with E-state index in [9.17, 15) is 9.90 Å². The van der Waals surface area contributed by atoms with Crippen molar-refractivity contribution in [3.05, 3.63) is 63.3 Å². The Bertz CT molecular complexity index is 899. The van der Waals surface area contributed by atoms with Crippen LogP contribution in [0.15, 0.2) is 42.2 Å². The van der Waals surface area contributed by atoms with Crippen LogP contribution in [0.5, 0.6) is 0 Å². The lowest BCUT2D eigenvalue weighted by Crippen LogP contribution is -2.41. The number of aryl methyl sites for hydroxylation is 1. The van der Waals surface area contributed by atoms with Gasteiger partial charge in [0, 0.05) is 22.2 Å². The van der Waals surface area contributed by atoms with Crippen LogP contribution >= 0.6 is 23.2 Å². The van der Waals surface area contributed by atoms with Crippen LogP contribution in [0, 0.1) is 6.92 Å². The first-order chi connectivity index (χ1) is 12.8. The number of aliphatic hydroxyl groups excluding tert-OH is 2. The van der Waals surface area contributed by atoms with E-state index in [0.29, 0.717) is 28.5 Å². The minimum absolute atomic E-state index is 0.0103. The van der Waals surface area contributed by atoms with Gasteiger partial charge in [-0.3, -0.25) is 4.79 Å². The molecule has 0 spiro atoms. The summed E-state index contributed by atoms with van der Waals surface area (Å²) in [5.41, 5.74) is 2.46. The van der Waals surface area contributed by atoms with Gasteiger partial charge in [-0.25, -0.2) is 0 Å². The first kappa shape index (κ1) is 19.7. The van der Waals surface area contributed by atoms with Crippen LogP contribution < -0.4 is 5.32 Å². The van der Waals surface area contributed by atoms with Gasteiger partial charge in [0.15, 0.2) is 0 Å². The highest BCUT2D eigenvalue weighted by Crippen LogP contribution is 2.40. The van der Waals surface area contributed by atoms with Crippen LogP contribution in [0.1, 0.15) is 30.9 Å². The Morgan fingerprint density at radius 1 is 1.11 bits per heavy atom. The molecule has 3 rings (SSSR count). The summed E-state index contributed by atoms with van der Waals surface area (Å²) in [7, 11) is 0. The number of carbonyl (C=O) groups excluding carboxylic acids is 1. The average molecular weight is 406 g/mol. The van der Waals surface area contributed by atoms with Gasteiger partial charge in [0.25, 0.3) is 5.91 Å². The number of amides is 1. The molecule has 1 unspecified atom stereocenters. The van der Waals surface area contributed by atoms with E-state index in [0.717, 1.165) is 16.7 Å². The van der Waals surface area contributed by atoms with Crippen LogP contribution in [-0.2, 0) is 4.79 Å². The number of hydrogen-bond acceptors (Lipinski definition) is 3. The third-order valence-corrected chi connectivity index (χ3v) is 5.48. The molecule has 0 aliphatic carbocycles. The smallest absolute Gasteiger partial charge is 0.256 e. The molecule has 0 radical (unpaired) electrons. The van der Waals surface area contributed by atoms with E-state index < -0.39 is 5.54 Å². The van der Waals surface area contributed by atoms with E-state index in [1.807, 2.05) is 25.1 Å². The summed E-state index contributed by atoms with van der Waals surface area (Å²) in [6, 6.07) is 11.1. The molecule has 1 amide bonds. The van der Waals surface area contributed by atoms with Gasteiger partial charge in [0.1, 0.15) is 5.76 Å². The normalized spacial score (nSPS) is 19.5. The Hall–Kier alpha value is -2.01. The summed E-state index contributed by atoms with van der Waals surface area (Å²) >= 11 is 12.5. The molecule has 1 atom stereocenters. The zero-order valence-electron chi connectivity index (χ0n) is 15.1. The average Bonchev–Trinajstić information content (AvgIpc) is 2.83. The topological polar surface area (TPSA) is 69.6 Å². The molecule has 1 aliphatic rings. The maximum absolute atomic E-state index is 12.6. The minimum Gasteiger partial charge on any atom is -0.509 e. The third kappa shape index (κ3) is 3.70. The number of nitrogens with one attached hydrogen (secondary N) is 1. The number of hydrogen-bond donors (Lipinski definition) is 3. The van der Waals surface area contributed by atoms with E-state index >= 15 is 0 Å². The summed E-state index contributed by atoms with van der Waals surface area (Å²) in [4.78, 5) is 12.6. The lowest BCUT2D eigenvalue weighted by atomic mass is 9.90. The molecular formula is C21H21Cl2NO3. The van der Waals surface area contributed by atoms with Gasteiger partial charge in [-0.05, 0) is 61.6 Å². The maximum atomic E-state index is 12.6. The number of halogens is 2. The Kier molecular flexibility index (Phi) is 5.52. The molecule has 2 aromatic carbocycles. The highest BCUT2D eigenvalue weighted by molar-refractivity contribution is 6.36. The van der Waals surface area contributed by atoms with Crippen LogP contribution in [0.2, 0.25) is 10.0 Å². The molecule has 0 aromatic heterocycles. The summed E-state index contributed by atoms with van der Waals surface area (Å²) in [5.74, 6) is -0.401. The Balaban J connectivity index is 2.07. The fourth-order valence-electron chi connectivity index (χ4n) is 3.47. The number of benzene rings is 2. The number of carbonyl (C=O) groups is 1. The monoisotopic (exact) mass is 405 g/mol. The van der Waals surface area contributed by atoms with Gasteiger partial charge in [-0.1, -0.05) is 41.4 Å². The lowest BCUT2D eigenvalue weighted by Gasteiger charge is -2.24. The van der Waals surface area contributed by atoms with E-state index in [4.69, 9.17) is 28.3 Å². The van der Waals surface area contributed by atoms with Crippen molar-refractivity contribution in [3.8, 4) is 11.1 Å². The van der Waals surface area contributed by atoms with Gasteiger partial charge < -0.3 is 15.5 Å². The van der Waals surface area contributed by atoms with Crippen molar-refractivity contribution in [1.29, 1.82) is 0 Å². The first-order valence-electron chi connectivity index (χ1n) is 8.70. The van der Waals surface area contributed by atoms with Crippen LogP contribution in [0.3, 0.4) is 0 Å². The Labute approximate surface area is 168 Å². The van der Waals surface area contributed by atoms with Crippen molar-refractivity contribution in [1.82, 2.24) is 5.32 Å². The second kappa shape index (κ2) is 7.55. The lowest BCUT2D eigenvalue weighted by molar-refractivity contribution is -0.116. The van der Waals surface area contributed by atoms with Crippen LogP contribution in [0.4, 0.5) is 0 Å². The quantitative estimate of drug-likeness (QED) is 0.662. The molecular weight excluding hydrogens is 385 g/mol. The summed E-state index contributed by atoms with van der Waals surface area (Å²) in [5, 5.41) is 23.7. The van der Waals surface area contributed by atoms with Crippen molar-refractivity contribution >= 4 is 34.7 Å². The molecule has 0 saturated heterocycles. The van der Waals surface area contributed by atoms with Gasteiger partial charge >= 0.3 is 0 Å². The SMILES string of the molecule is Cc1cc(-c2ccc(Cl)cc2)cc(Cl)c1C1=C(O)C(C)(CCCO)NC1=O. The van der Waals surface area contributed by atoms with E-state index in [1.54, 1.807) is 25.1 Å². The fourth-order valence-corrected chi connectivity index (χ4v) is 3.96. The summed E-state index contributed by atoms with van der Waals surface area (Å²) in [6.45, 7) is 3.59. The zero-order valence-corrected chi connectivity index (χ0v) is 16.7. The second-order valence-corrected chi connectivity index (χ2v) is 7.84. The fraction of sp³-hybridized carbons (Fsp3) is 0.286. The standard InChI is InChI=1S/C21H21Cl2NO3/c1-12-10-14(13-4-6-15(22)7-5-13)11-16(23)17(12)18-19(26)21(2,8-3-9-25)24-20(18)27/h4-7,10-11,25-26H,3,8-9H2,1-2H3,(H,24,27). The molecule has 6 heteroatoms. The van der Waals surface area contributed by atoms with Crippen molar-refractivity contribution in [3.63, 3.8) is 0 Å². The van der Waals surface area contributed by atoms with E-state index in [-0.39, 0.29) is 23.8 Å². The first-order valence-corrected chi connectivity index (χ1v) is 9.46. The highest BCUT2D eigenvalue weighted by atomic mass is 35.5. The summed E-state index contributed by atoms with van der Waals surface area (Å²) < 4.78 is 0. The van der Waals surface area contributed by atoms with Crippen molar-refractivity contribution in [2.75, 3.05) is 6.61 Å². The largest absolute Gasteiger partial charge is 0.509 e. The van der Waals surface area contributed by atoms with Crippen molar-refractivity contribution in [2.24, 2.45) is 0 Å². The van der Waals surface area contributed by atoms with Gasteiger partial charge in [-0.2, -0.15) is 0 Å². The van der Waals surface area contributed by atoms with E-state index in [2.05, 4.69) is 5.32 Å². The highest BCUT2D eigenvalue weighted by Gasteiger charge is 2.42. The third-order valence-electron chi connectivity index (χ3n) is 4.93. The van der Waals surface area contributed by atoms with Gasteiger partial charge in [0.2, 0.25) is 0 Å². The number of rotatable bonds is 5. The minimum atomic E-state index is -0.903. The van der Waals surface area contributed by atoms with Crippen molar-refractivity contribution in [2.45, 2.75) is 32.2 Å². The molecule has 142 valence electrons. The predicted octanol–water partition coefficient (Wildman–Crippen LogP) is 4.90. The second-order valence-electron chi connectivity index (χ2n) is 6.99. The van der Waals surface area contributed by atoms with Crippen molar-refractivity contribution < 1.29 is 15.0 Å². The predicted molar refractivity (Wildman–Crippen MR) is 109 cm³/mol. The van der Waals surface area contributed by atoms with Crippen LogP contribution in [0.25, 0.3) is 16.7 Å². The maximum Gasteiger partial charge on any atom is 0.256 e. The molecule has 1 heterocycles. The number of aliphatic hydroxyl groups is 2. The Morgan fingerprint density at radius 2 is 1.78 bits per heavy atom. The zero-order chi connectivity index (χ0) is 19.8.